The number of likely N-dealkylation sites (tertiary alicyclic amines) is 1. The maximum absolute atomic E-state index is 12.7. The molecule has 3 N–H and O–H groups in total. The molecule has 0 aliphatic carbocycles. The van der Waals surface area contributed by atoms with E-state index in [-0.39, 0.29) is 40.6 Å². The first kappa shape index (κ1) is 22.9. The molecule has 1 fully saturated rings. The van der Waals surface area contributed by atoms with Gasteiger partial charge in [-0.1, -0.05) is 27.7 Å². The Morgan fingerprint density at radius 2 is 1.88 bits per heavy atom. The summed E-state index contributed by atoms with van der Waals surface area (Å²) in [6, 6.07) is 6.20. The second kappa shape index (κ2) is 8.69. The number of hydrogen-bond donors (Lipinski definition) is 2. The molecule has 1 aliphatic heterocycles. The number of piperidine rings is 1. The number of carbonyl (C=O) groups excluding carboxylic acids is 1. The minimum absolute atomic E-state index is 0. The normalized spacial score (nSPS) is 19.9. The largest absolute Gasteiger partial charge is 0.338 e. The van der Waals surface area contributed by atoms with Crippen molar-refractivity contribution in [3.05, 3.63) is 29.8 Å². The predicted molar refractivity (Wildman–Crippen MR) is 106 cm³/mol. The number of amides is 1. The number of rotatable bonds is 5. The van der Waals surface area contributed by atoms with Gasteiger partial charge >= 0.3 is 0 Å². The highest BCUT2D eigenvalue weighted by Gasteiger charge is 2.35. The number of sulfonamides is 1. The molecule has 1 heterocycles. The summed E-state index contributed by atoms with van der Waals surface area (Å²) in [6.07, 6.45) is 0.768. The fraction of sp³-hybridized carbons (Fsp3) is 0.611. The van der Waals surface area contributed by atoms with E-state index in [2.05, 4.69) is 18.6 Å². The van der Waals surface area contributed by atoms with Crippen LogP contribution in [-0.2, 0) is 10.0 Å². The molecule has 1 saturated heterocycles. The second-order valence-corrected chi connectivity index (χ2v) is 9.65. The van der Waals surface area contributed by atoms with Gasteiger partial charge in [0, 0.05) is 31.2 Å². The highest BCUT2D eigenvalue weighted by molar-refractivity contribution is 7.89. The van der Waals surface area contributed by atoms with Gasteiger partial charge in [0.25, 0.3) is 5.91 Å². The lowest BCUT2D eigenvalue weighted by Gasteiger charge is -2.42. The molecule has 0 aromatic heterocycles. The quantitative estimate of drug-likeness (QED) is 0.788. The third-order valence-electron chi connectivity index (χ3n) is 4.69. The first-order chi connectivity index (χ1) is 11.5. The maximum atomic E-state index is 12.7. The van der Waals surface area contributed by atoms with Crippen LogP contribution in [0.25, 0.3) is 0 Å². The van der Waals surface area contributed by atoms with Crippen molar-refractivity contribution < 1.29 is 13.2 Å². The number of benzene rings is 1. The average molecular weight is 404 g/mol. The van der Waals surface area contributed by atoms with E-state index in [1.165, 1.54) is 12.1 Å². The molecule has 1 unspecified atom stereocenters. The molecule has 1 amide bonds. The Balaban J connectivity index is 0.00000338. The van der Waals surface area contributed by atoms with Crippen LogP contribution >= 0.6 is 12.4 Å². The van der Waals surface area contributed by atoms with Gasteiger partial charge in [-0.25, -0.2) is 13.1 Å². The lowest BCUT2D eigenvalue weighted by Crippen LogP contribution is -2.54. The van der Waals surface area contributed by atoms with Gasteiger partial charge in [0.2, 0.25) is 10.0 Å². The van der Waals surface area contributed by atoms with Gasteiger partial charge in [-0.05, 0) is 42.0 Å². The van der Waals surface area contributed by atoms with Crippen molar-refractivity contribution in [3.8, 4) is 0 Å². The molecule has 148 valence electrons. The zero-order valence-corrected chi connectivity index (χ0v) is 17.5. The van der Waals surface area contributed by atoms with Crippen LogP contribution in [0.2, 0.25) is 0 Å². The number of nitrogens with one attached hydrogen (secondary N) is 1. The molecule has 0 spiro atoms. The number of hydrogen-bond acceptors (Lipinski definition) is 4. The summed E-state index contributed by atoms with van der Waals surface area (Å²) in [5.74, 6) is 0.142. The number of nitrogens with zero attached hydrogens (tertiary/aromatic N) is 1. The van der Waals surface area contributed by atoms with Crippen LogP contribution in [0.4, 0.5) is 0 Å². The van der Waals surface area contributed by atoms with Gasteiger partial charge in [0.15, 0.2) is 0 Å². The molecule has 1 aromatic carbocycles. The highest BCUT2D eigenvalue weighted by atomic mass is 35.5. The van der Waals surface area contributed by atoms with Crippen molar-refractivity contribution >= 4 is 28.3 Å². The molecule has 0 saturated carbocycles. The summed E-state index contributed by atoms with van der Waals surface area (Å²) < 4.78 is 27.0. The van der Waals surface area contributed by atoms with Crippen molar-refractivity contribution in [3.63, 3.8) is 0 Å². The average Bonchev–Trinajstić information content (AvgIpc) is 2.55. The van der Waals surface area contributed by atoms with Crippen molar-refractivity contribution in [1.82, 2.24) is 9.62 Å². The van der Waals surface area contributed by atoms with Crippen LogP contribution in [-0.4, -0.2) is 44.9 Å². The van der Waals surface area contributed by atoms with Gasteiger partial charge in [-0.15, -0.1) is 12.4 Å². The van der Waals surface area contributed by atoms with Crippen LogP contribution < -0.4 is 10.5 Å². The zero-order valence-electron chi connectivity index (χ0n) is 15.9. The van der Waals surface area contributed by atoms with Crippen LogP contribution in [0, 0.1) is 11.3 Å². The standard InChI is InChI=1S/C18H29N3O3S.ClH/c1-13(2)11-20-25(23,24)15-7-5-14(6-8-15)17(22)21-10-9-16(19)18(3,4)12-21;/h5-8,13,16,20H,9-12,19H2,1-4H3;1H. The van der Waals surface area contributed by atoms with Crippen LogP contribution in [0.1, 0.15) is 44.5 Å². The van der Waals surface area contributed by atoms with E-state index >= 15 is 0 Å². The molecule has 1 atom stereocenters. The van der Waals surface area contributed by atoms with E-state index in [0.29, 0.717) is 25.2 Å². The van der Waals surface area contributed by atoms with Crippen molar-refractivity contribution in [2.45, 2.75) is 45.1 Å². The lowest BCUT2D eigenvalue weighted by molar-refractivity contribution is 0.0533. The summed E-state index contributed by atoms with van der Waals surface area (Å²) in [7, 11) is -3.54. The Bertz CT molecular complexity index is 718. The van der Waals surface area contributed by atoms with Crippen molar-refractivity contribution in [2.75, 3.05) is 19.6 Å². The molecule has 26 heavy (non-hydrogen) atoms. The van der Waals surface area contributed by atoms with E-state index in [1.807, 2.05) is 13.8 Å². The third kappa shape index (κ3) is 5.42. The minimum Gasteiger partial charge on any atom is -0.338 e. The summed E-state index contributed by atoms with van der Waals surface area (Å²) >= 11 is 0. The van der Waals surface area contributed by atoms with Gasteiger partial charge in [-0.3, -0.25) is 4.79 Å². The third-order valence-corrected chi connectivity index (χ3v) is 6.13. The van der Waals surface area contributed by atoms with Crippen LogP contribution in [0.3, 0.4) is 0 Å². The molecule has 0 bridgehead atoms. The predicted octanol–water partition coefficient (Wildman–Crippen LogP) is 2.24. The summed E-state index contributed by atoms with van der Waals surface area (Å²) in [5.41, 5.74) is 6.49. The molecular weight excluding hydrogens is 374 g/mol. The Kier molecular flexibility index (Phi) is 7.65. The van der Waals surface area contributed by atoms with E-state index in [4.69, 9.17) is 5.73 Å². The SMILES string of the molecule is CC(C)CNS(=O)(=O)c1ccc(C(=O)N2CCC(N)C(C)(C)C2)cc1.Cl. The van der Waals surface area contributed by atoms with Gasteiger partial charge in [0.1, 0.15) is 0 Å². The van der Waals surface area contributed by atoms with E-state index in [1.54, 1.807) is 17.0 Å². The van der Waals surface area contributed by atoms with Crippen molar-refractivity contribution in [1.29, 1.82) is 0 Å². The number of halogens is 1. The summed E-state index contributed by atoms with van der Waals surface area (Å²) in [5, 5.41) is 0. The van der Waals surface area contributed by atoms with E-state index < -0.39 is 10.0 Å². The van der Waals surface area contributed by atoms with Crippen LogP contribution in [0.5, 0.6) is 0 Å². The Morgan fingerprint density at radius 1 is 1.31 bits per heavy atom. The first-order valence-electron chi connectivity index (χ1n) is 8.67. The highest BCUT2D eigenvalue weighted by Crippen LogP contribution is 2.28. The lowest BCUT2D eigenvalue weighted by atomic mass is 9.79. The van der Waals surface area contributed by atoms with E-state index in [9.17, 15) is 13.2 Å². The monoisotopic (exact) mass is 403 g/mol. The van der Waals surface area contributed by atoms with Crippen LogP contribution in [0.15, 0.2) is 29.2 Å². The second-order valence-electron chi connectivity index (χ2n) is 7.88. The topological polar surface area (TPSA) is 92.5 Å². The Labute approximate surface area is 163 Å². The fourth-order valence-corrected chi connectivity index (χ4v) is 4.08. The van der Waals surface area contributed by atoms with Gasteiger partial charge in [0.05, 0.1) is 4.90 Å². The minimum atomic E-state index is -3.54. The summed E-state index contributed by atoms with van der Waals surface area (Å²) in [4.78, 5) is 14.7. The Morgan fingerprint density at radius 3 is 2.38 bits per heavy atom. The molecule has 2 rings (SSSR count). The smallest absolute Gasteiger partial charge is 0.253 e. The summed E-state index contributed by atoms with van der Waals surface area (Å²) in [6.45, 7) is 9.61. The first-order valence-corrected chi connectivity index (χ1v) is 10.2. The molecular formula is C18H30ClN3O3S. The van der Waals surface area contributed by atoms with Crippen molar-refractivity contribution in [2.24, 2.45) is 17.1 Å². The van der Waals surface area contributed by atoms with Gasteiger partial charge in [-0.2, -0.15) is 0 Å². The Hall–Kier alpha value is -1.15. The number of carbonyl (C=O) groups is 1. The fourth-order valence-electron chi connectivity index (χ4n) is 2.87. The number of nitrogens with two attached hydrogens (primary N) is 1. The molecule has 1 aliphatic rings. The van der Waals surface area contributed by atoms with E-state index in [0.717, 1.165) is 6.42 Å². The maximum Gasteiger partial charge on any atom is 0.253 e. The molecule has 0 radical (unpaired) electrons. The molecule has 1 aromatic rings. The van der Waals surface area contributed by atoms with Gasteiger partial charge < -0.3 is 10.6 Å². The molecule has 8 heteroatoms. The zero-order chi connectivity index (χ0) is 18.8. The molecule has 6 nitrogen and oxygen atoms in total.